The molecule has 4 rings (SSSR count). The molecule has 0 spiro atoms. The minimum Gasteiger partial charge on any atom is -0.377 e. The maximum absolute atomic E-state index is 5.92. The van der Waals surface area contributed by atoms with Gasteiger partial charge in [-0.1, -0.05) is 11.2 Å². The second kappa shape index (κ2) is 10.8. The van der Waals surface area contributed by atoms with E-state index < -0.39 is 0 Å². The molecule has 29 heavy (non-hydrogen) atoms. The van der Waals surface area contributed by atoms with Crippen LogP contribution in [0.5, 0.6) is 0 Å². The third-order valence-electron chi connectivity index (χ3n) is 4.50. The average molecular weight is 459 g/mol. The van der Waals surface area contributed by atoms with E-state index in [-0.39, 0.29) is 30.9 Å². The van der Waals surface area contributed by atoms with Crippen LogP contribution in [0.1, 0.15) is 46.9 Å². The van der Waals surface area contributed by atoms with Gasteiger partial charge in [0.2, 0.25) is 5.89 Å². The molecule has 0 saturated heterocycles. The molecule has 0 aromatic carbocycles. The third kappa shape index (κ3) is 6.10. The second-order valence-electron chi connectivity index (χ2n) is 6.67. The highest BCUT2D eigenvalue weighted by molar-refractivity contribution is 7.09. The van der Waals surface area contributed by atoms with Gasteiger partial charge in [-0.15, -0.1) is 36.2 Å². The molecule has 0 aliphatic heterocycles. The molecular formula is C18H24Cl2N6O2S. The summed E-state index contributed by atoms with van der Waals surface area (Å²) in [5, 5.41) is 9.34. The molecule has 1 aliphatic rings. The van der Waals surface area contributed by atoms with E-state index in [4.69, 9.17) is 15.0 Å². The summed E-state index contributed by atoms with van der Waals surface area (Å²) in [5.41, 5.74) is 6.92. The number of thiophene rings is 1. The monoisotopic (exact) mass is 458 g/mol. The van der Waals surface area contributed by atoms with Crippen molar-refractivity contribution in [3.63, 3.8) is 0 Å². The number of anilines is 1. The summed E-state index contributed by atoms with van der Waals surface area (Å²) in [7, 11) is 1.64. The van der Waals surface area contributed by atoms with Gasteiger partial charge in [-0.3, -0.25) is 0 Å². The first-order valence-corrected chi connectivity index (χ1v) is 9.77. The van der Waals surface area contributed by atoms with Gasteiger partial charge < -0.3 is 20.3 Å². The number of methoxy groups -OCH3 is 1. The van der Waals surface area contributed by atoms with Crippen molar-refractivity contribution in [1.82, 2.24) is 20.1 Å². The number of ether oxygens (including phenoxy) is 1. The Kier molecular flexibility index (Phi) is 8.79. The van der Waals surface area contributed by atoms with Gasteiger partial charge in [0, 0.05) is 35.7 Å². The van der Waals surface area contributed by atoms with Crippen LogP contribution >= 0.6 is 36.2 Å². The zero-order valence-electron chi connectivity index (χ0n) is 15.9. The van der Waals surface area contributed by atoms with Crippen molar-refractivity contribution in [3.05, 3.63) is 51.7 Å². The van der Waals surface area contributed by atoms with E-state index >= 15 is 0 Å². The lowest BCUT2D eigenvalue weighted by Gasteiger charge is -2.32. The van der Waals surface area contributed by atoms with Crippen molar-refractivity contribution >= 4 is 42.0 Å². The lowest BCUT2D eigenvalue weighted by atomic mass is 9.78. The number of nitrogens with zero attached hydrogens (tertiary/aromatic N) is 4. The summed E-state index contributed by atoms with van der Waals surface area (Å²) in [5.74, 6) is 2.99. The van der Waals surface area contributed by atoms with Crippen molar-refractivity contribution in [2.75, 3.05) is 12.4 Å². The van der Waals surface area contributed by atoms with E-state index in [2.05, 4.69) is 31.5 Å². The highest BCUT2D eigenvalue weighted by Crippen LogP contribution is 2.35. The first kappa shape index (κ1) is 23.5. The highest BCUT2D eigenvalue weighted by Gasteiger charge is 2.29. The topological polar surface area (TPSA) is 112 Å². The van der Waals surface area contributed by atoms with E-state index in [1.54, 1.807) is 18.4 Å². The quantitative estimate of drug-likeness (QED) is 0.528. The minimum absolute atomic E-state index is 0. The van der Waals surface area contributed by atoms with Gasteiger partial charge in [-0.05, 0) is 24.3 Å². The predicted molar refractivity (Wildman–Crippen MR) is 116 cm³/mol. The zero-order valence-corrected chi connectivity index (χ0v) is 18.4. The molecular weight excluding hydrogens is 435 g/mol. The Labute approximate surface area is 185 Å². The molecule has 0 unspecified atom stereocenters. The third-order valence-corrected chi connectivity index (χ3v) is 5.38. The van der Waals surface area contributed by atoms with Crippen molar-refractivity contribution in [1.29, 1.82) is 0 Å². The Bertz CT molecular complexity index is 886. The largest absolute Gasteiger partial charge is 0.377 e. The summed E-state index contributed by atoms with van der Waals surface area (Å²) in [6.45, 7) is 0.801. The van der Waals surface area contributed by atoms with Gasteiger partial charge in [0.15, 0.2) is 11.6 Å². The molecule has 0 radical (unpaired) electrons. The van der Waals surface area contributed by atoms with Gasteiger partial charge >= 0.3 is 0 Å². The van der Waals surface area contributed by atoms with E-state index in [9.17, 15) is 0 Å². The van der Waals surface area contributed by atoms with Gasteiger partial charge in [0.1, 0.15) is 12.4 Å². The number of nitrogens with two attached hydrogens (primary N) is 1. The normalized spacial score (nSPS) is 17.7. The summed E-state index contributed by atoms with van der Waals surface area (Å²) in [4.78, 5) is 14.7. The minimum atomic E-state index is 0. The summed E-state index contributed by atoms with van der Waals surface area (Å²) >= 11 is 1.67. The van der Waals surface area contributed by atoms with Crippen LogP contribution in [-0.2, 0) is 24.3 Å². The molecule has 3 aromatic rings. The highest BCUT2D eigenvalue weighted by atomic mass is 35.5. The number of rotatable bonds is 8. The Hall–Kier alpha value is -1.78. The molecule has 3 aromatic heterocycles. The van der Waals surface area contributed by atoms with Crippen LogP contribution in [-0.4, -0.2) is 33.3 Å². The van der Waals surface area contributed by atoms with Gasteiger partial charge in [-0.25, -0.2) is 9.97 Å². The molecule has 0 atom stereocenters. The van der Waals surface area contributed by atoms with Gasteiger partial charge in [0.25, 0.3) is 0 Å². The van der Waals surface area contributed by atoms with E-state index in [0.717, 1.165) is 24.4 Å². The predicted octanol–water partition coefficient (Wildman–Crippen LogP) is 3.32. The van der Waals surface area contributed by atoms with Crippen LogP contribution in [0.25, 0.3) is 0 Å². The van der Waals surface area contributed by atoms with Crippen LogP contribution in [0.3, 0.4) is 0 Å². The maximum Gasteiger partial charge on any atom is 0.231 e. The number of nitrogens with one attached hydrogen (secondary N) is 1. The summed E-state index contributed by atoms with van der Waals surface area (Å²) in [6.07, 6.45) is 2.57. The fourth-order valence-corrected chi connectivity index (χ4v) is 3.78. The van der Waals surface area contributed by atoms with Crippen molar-refractivity contribution in [3.8, 4) is 0 Å². The first-order valence-electron chi connectivity index (χ1n) is 8.89. The van der Waals surface area contributed by atoms with Crippen molar-refractivity contribution in [2.24, 2.45) is 5.73 Å². The Morgan fingerprint density at radius 2 is 2.07 bits per heavy atom. The van der Waals surface area contributed by atoms with Crippen molar-refractivity contribution < 1.29 is 9.26 Å². The first-order chi connectivity index (χ1) is 13.2. The average Bonchev–Trinajstić information content (AvgIpc) is 3.30. The molecule has 3 N–H and O–H groups in total. The SMILES string of the molecule is COCc1nc(NCc2noc(Cc3cccs3)n2)cc(C2CC(N)C2)n1.Cl.Cl. The molecule has 1 aliphatic carbocycles. The Morgan fingerprint density at radius 3 is 2.76 bits per heavy atom. The van der Waals surface area contributed by atoms with Crippen LogP contribution in [0.4, 0.5) is 5.82 Å². The fraction of sp³-hybridized carbons (Fsp3) is 0.444. The van der Waals surface area contributed by atoms with E-state index in [0.29, 0.717) is 43.0 Å². The smallest absolute Gasteiger partial charge is 0.231 e. The molecule has 0 bridgehead atoms. The molecule has 1 fully saturated rings. The van der Waals surface area contributed by atoms with Gasteiger partial charge in [-0.2, -0.15) is 4.98 Å². The van der Waals surface area contributed by atoms with E-state index in [1.165, 1.54) is 4.88 Å². The van der Waals surface area contributed by atoms with Crippen LogP contribution < -0.4 is 11.1 Å². The number of hydrogen-bond donors (Lipinski definition) is 2. The lowest BCUT2D eigenvalue weighted by Crippen LogP contribution is -2.35. The molecule has 8 nitrogen and oxygen atoms in total. The second-order valence-corrected chi connectivity index (χ2v) is 7.70. The summed E-state index contributed by atoms with van der Waals surface area (Å²) < 4.78 is 10.5. The Morgan fingerprint density at radius 1 is 1.24 bits per heavy atom. The van der Waals surface area contributed by atoms with Crippen molar-refractivity contribution in [2.45, 2.75) is 44.4 Å². The van der Waals surface area contributed by atoms with E-state index in [1.807, 2.05) is 17.5 Å². The molecule has 11 heteroatoms. The lowest BCUT2D eigenvalue weighted by molar-refractivity contribution is 0.177. The summed E-state index contributed by atoms with van der Waals surface area (Å²) in [6, 6.07) is 6.31. The van der Waals surface area contributed by atoms with Gasteiger partial charge in [0.05, 0.1) is 13.0 Å². The number of hydrogen-bond acceptors (Lipinski definition) is 9. The maximum atomic E-state index is 5.92. The number of aromatic nitrogens is 4. The molecule has 158 valence electrons. The van der Waals surface area contributed by atoms with Crippen LogP contribution in [0, 0.1) is 0 Å². The molecule has 1 saturated carbocycles. The Balaban J connectivity index is 0.00000150. The van der Waals surface area contributed by atoms with Crippen LogP contribution in [0.2, 0.25) is 0 Å². The fourth-order valence-electron chi connectivity index (χ4n) is 3.08. The molecule has 0 amide bonds. The standard InChI is InChI=1S/C18H22N6O2S.2ClH/c1-25-10-17-21-14(11-5-12(19)6-11)8-15(22-17)20-9-16-23-18(26-24-16)7-13-3-2-4-27-13;;/h2-4,8,11-12H,5-7,9-10,19H2,1H3,(H,20,21,22);2*1H. The van der Waals surface area contributed by atoms with Crippen LogP contribution in [0.15, 0.2) is 28.1 Å². The number of halogens is 2. The molecule has 3 heterocycles. The zero-order chi connectivity index (χ0) is 18.6.